The molecule has 62 heavy (non-hydrogen) atoms. The number of nitrogens with one attached hydrogen (secondary N) is 1. The fraction of sp³-hybridized carbons (Fsp3) is 0.812. The first-order valence-corrected chi connectivity index (χ1v) is 25.5. The molecular formula is C48H87NO12S. The number of aliphatic hydroxyl groups excluding tert-OH is 5. The van der Waals surface area contributed by atoms with E-state index in [9.17, 15) is 43.3 Å². The summed E-state index contributed by atoms with van der Waals surface area (Å²) in [6, 6.07) is -1.15. The van der Waals surface area contributed by atoms with E-state index in [-0.39, 0.29) is 6.42 Å². The molecule has 0 aromatic rings. The molecule has 1 rings (SSSR count). The number of carbonyl (C=O) groups is 1. The smallest absolute Gasteiger partial charge is 0.394 e. The molecule has 1 aliphatic heterocycles. The number of ether oxygens (including phenoxy) is 2. The lowest BCUT2D eigenvalue weighted by molar-refractivity contribution is -0.298. The predicted octanol–water partition coefficient (Wildman–Crippen LogP) is 8.63. The van der Waals surface area contributed by atoms with Crippen molar-refractivity contribution >= 4 is 16.3 Å². The Labute approximate surface area is 375 Å². The Kier molecular flexibility index (Phi) is 35.9. The van der Waals surface area contributed by atoms with Crippen molar-refractivity contribution in [3.8, 4) is 0 Å². The van der Waals surface area contributed by atoms with Crippen LogP contribution in [0.1, 0.15) is 187 Å². The summed E-state index contributed by atoms with van der Waals surface area (Å²) in [4.78, 5) is 13.1. The summed E-state index contributed by atoms with van der Waals surface area (Å²) in [7, 11) is -5.13. The minimum Gasteiger partial charge on any atom is -0.394 e. The number of unbranched alkanes of at least 4 members (excludes halogenated alkanes) is 21. The Morgan fingerprint density at radius 2 is 1.08 bits per heavy atom. The van der Waals surface area contributed by atoms with Gasteiger partial charge in [-0.3, -0.25) is 9.35 Å². The van der Waals surface area contributed by atoms with Crippen molar-refractivity contribution in [2.24, 2.45) is 0 Å². The first-order valence-electron chi connectivity index (χ1n) is 24.1. The first-order chi connectivity index (χ1) is 29.9. The highest BCUT2D eigenvalue weighted by molar-refractivity contribution is 7.80. The van der Waals surface area contributed by atoms with Crippen molar-refractivity contribution in [3.05, 3.63) is 48.6 Å². The van der Waals surface area contributed by atoms with E-state index in [1.165, 1.54) is 102 Å². The van der Waals surface area contributed by atoms with Crippen molar-refractivity contribution in [1.82, 2.24) is 5.32 Å². The average molecular weight is 902 g/mol. The summed E-state index contributed by atoms with van der Waals surface area (Å²) in [6.07, 6.45) is 34.8. The summed E-state index contributed by atoms with van der Waals surface area (Å²) < 4.78 is 47.5. The second-order valence-corrected chi connectivity index (χ2v) is 17.9. The van der Waals surface area contributed by atoms with Gasteiger partial charge in [0.05, 0.1) is 25.4 Å². The van der Waals surface area contributed by atoms with E-state index in [1.54, 1.807) is 6.08 Å². The molecule has 0 bridgehead atoms. The van der Waals surface area contributed by atoms with Crippen molar-refractivity contribution in [3.63, 3.8) is 0 Å². The molecular weight excluding hydrogens is 815 g/mol. The van der Waals surface area contributed by atoms with Crippen LogP contribution in [-0.4, -0.2) is 107 Å². The van der Waals surface area contributed by atoms with Crippen molar-refractivity contribution in [1.29, 1.82) is 0 Å². The maximum Gasteiger partial charge on any atom is 0.397 e. The van der Waals surface area contributed by atoms with E-state index in [2.05, 4.69) is 59.8 Å². The summed E-state index contributed by atoms with van der Waals surface area (Å²) in [5, 5.41) is 55.2. The van der Waals surface area contributed by atoms with E-state index in [4.69, 9.17) is 9.47 Å². The van der Waals surface area contributed by atoms with Crippen LogP contribution >= 0.6 is 0 Å². The maximum atomic E-state index is 13.1. The van der Waals surface area contributed by atoms with Gasteiger partial charge in [-0.1, -0.05) is 165 Å². The molecule has 7 N–H and O–H groups in total. The Balaban J connectivity index is 2.62. The van der Waals surface area contributed by atoms with E-state index in [0.717, 1.165) is 57.8 Å². The van der Waals surface area contributed by atoms with Gasteiger partial charge in [-0.05, 0) is 70.6 Å². The molecule has 0 spiro atoms. The Morgan fingerprint density at radius 1 is 0.645 bits per heavy atom. The number of allylic oxidation sites excluding steroid dienone is 7. The zero-order valence-electron chi connectivity index (χ0n) is 38.3. The number of hydrogen-bond acceptors (Lipinski definition) is 11. The van der Waals surface area contributed by atoms with Crippen LogP contribution in [0.3, 0.4) is 0 Å². The zero-order valence-corrected chi connectivity index (χ0v) is 39.1. The van der Waals surface area contributed by atoms with Crippen LogP contribution in [0.5, 0.6) is 0 Å². The van der Waals surface area contributed by atoms with Crippen LogP contribution in [0.15, 0.2) is 48.6 Å². The fourth-order valence-corrected chi connectivity index (χ4v) is 7.82. The normalized spacial score (nSPS) is 21.5. The van der Waals surface area contributed by atoms with Gasteiger partial charge in [-0.25, -0.2) is 4.18 Å². The van der Waals surface area contributed by atoms with Crippen LogP contribution < -0.4 is 5.32 Å². The maximum absolute atomic E-state index is 13.1. The molecule has 14 heteroatoms. The first kappa shape index (κ1) is 58.0. The third-order valence-electron chi connectivity index (χ3n) is 11.2. The average Bonchev–Trinajstić information content (AvgIpc) is 3.24. The molecule has 1 aliphatic rings. The number of aliphatic hydroxyl groups is 5. The van der Waals surface area contributed by atoms with E-state index < -0.39 is 78.5 Å². The molecule has 0 aliphatic carbocycles. The van der Waals surface area contributed by atoms with E-state index >= 15 is 0 Å². The molecule has 1 saturated heterocycles. The topological polar surface area (TPSA) is 212 Å². The van der Waals surface area contributed by atoms with Gasteiger partial charge in [0, 0.05) is 0 Å². The molecule has 1 heterocycles. The van der Waals surface area contributed by atoms with Gasteiger partial charge in [0.2, 0.25) is 5.91 Å². The van der Waals surface area contributed by atoms with Crippen LogP contribution in [-0.2, 0) is 28.9 Å². The molecule has 0 aromatic heterocycles. The number of carbonyl (C=O) groups excluding carboxylic acids is 1. The molecule has 0 aromatic carbocycles. The highest BCUT2D eigenvalue weighted by Gasteiger charge is 2.48. The number of rotatable bonds is 40. The summed E-state index contributed by atoms with van der Waals surface area (Å²) in [5.41, 5.74) is 0. The quantitative estimate of drug-likeness (QED) is 0.0175. The Hall–Kier alpha value is -1.98. The molecule has 0 saturated carbocycles. The second kappa shape index (κ2) is 38.3. The fourth-order valence-electron chi connectivity index (χ4n) is 7.31. The lowest BCUT2D eigenvalue weighted by Gasteiger charge is -2.41. The Morgan fingerprint density at radius 3 is 1.55 bits per heavy atom. The van der Waals surface area contributed by atoms with Crippen molar-refractivity contribution in [2.45, 2.75) is 236 Å². The largest absolute Gasteiger partial charge is 0.397 e. The standard InChI is InChI=1S/C48H87NO12S/c1-3-5-7-9-11-13-15-17-19-20-21-23-24-26-28-30-32-34-36-41(51)40(39-59-48-45(54)46(61-62(56,57)58)44(53)43(38-50)60-48)49-47(55)42(52)37-35-33-31-29-27-25-22-18-16-14-12-10-8-6-4-2/h20-22,25-26,28,34,36,40-46,48,50-54H,3-19,23-24,27,29-33,35,37-39H2,1-2H3,(H,49,55)(H,56,57,58)/b21-20+,25-22-,28-26+,36-34+. The second-order valence-electron chi connectivity index (χ2n) is 16.8. The van der Waals surface area contributed by atoms with Gasteiger partial charge in [0.1, 0.15) is 30.5 Å². The minimum absolute atomic E-state index is 0.218. The van der Waals surface area contributed by atoms with Crippen LogP contribution in [0.2, 0.25) is 0 Å². The van der Waals surface area contributed by atoms with Gasteiger partial charge < -0.3 is 40.3 Å². The monoisotopic (exact) mass is 902 g/mol. The summed E-state index contributed by atoms with van der Waals surface area (Å²) in [5.74, 6) is -0.726. The van der Waals surface area contributed by atoms with Gasteiger partial charge in [0.15, 0.2) is 6.29 Å². The van der Waals surface area contributed by atoms with Gasteiger partial charge in [-0.15, -0.1) is 0 Å². The lowest BCUT2D eigenvalue weighted by atomic mass is 9.99. The predicted molar refractivity (Wildman–Crippen MR) is 247 cm³/mol. The zero-order chi connectivity index (χ0) is 45.7. The highest BCUT2D eigenvalue weighted by atomic mass is 32.3. The number of amides is 1. The van der Waals surface area contributed by atoms with Crippen molar-refractivity contribution < 1.29 is 57.0 Å². The molecule has 362 valence electrons. The van der Waals surface area contributed by atoms with Gasteiger partial charge >= 0.3 is 10.4 Å². The molecule has 1 fully saturated rings. The minimum atomic E-state index is -5.13. The lowest BCUT2D eigenvalue weighted by Crippen LogP contribution is -2.61. The summed E-state index contributed by atoms with van der Waals surface area (Å²) in [6.45, 7) is 3.18. The van der Waals surface area contributed by atoms with Gasteiger partial charge in [-0.2, -0.15) is 8.42 Å². The van der Waals surface area contributed by atoms with E-state index in [1.807, 2.05) is 0 Å². The third kappa shape index (κ3) is 30.2. The molecule has 8 unspecified atom stereocenters. The summed E-state index contributed by atoms with van der Waals surface area (Å²) >= 11 is 0. The van der Waals surface area contributed by atoms with Crippen molar-refractivity contribution in [2.75, 3.05) is 13.2 Å². The van der Waals surface area contributed by atoms with Crippen LogP contribution in [0, 0.1) is 0 Å². The Bertz CT molecular complexity index is 1310. The van der Waals surface area contributed by atoms with Crippen LogP contribution in [0.25, 0.3) is 0 Å². The third-order valence-corrected chi connectivity index (χ3v) is 11.6. The molecule has 0 radical (unpaired) electrons. The number of hydrogen-bond donors (Lipinski definition) is 7. The van der Waals surface area contributed by atoms with Crippen LogP contribution in [0.4, 0.5) is 0 Å². The SMILES string of the molecule is CCCCCCCCC/C=C\CCCCCCC(O)C(=O)NC(COC1OC(CO)C(O)C(OS(=O)(=O)O)C1O)C(O)/C=C/CC/C=C/CC/C=C/CCCCCCCCCC. The molecule has 1 amide bonds. The van der Waals surface area contributed by atoms with Gasteiger partial charge in [0.25, 0.3) is 0 Å². The highest BCUT2D eigenvalue weighted by Crippen LogP contribution is 2.26. The molecule has 13 nitrogen and oxygen atoms in total. The molecule has 8 atom stereocenters. The van der Waals surface area contributed by atoms with E-state index in [0.29, 0.717) is 12.8 Å².